The van der Waals surface area contributed by atoms with Gasteiger partial charge in [0, 0.05) is 24.9 Å². The molecule has 0 bridgehead atoms. The second kappa shape index (κ2) is 4.81. The predicted octanol–water partition coefficient (Wildman–Crippen LogP) is 2.77. The molecule has 1 aromatic rings. The Morgan fingerprint density at radius 1 is 1.53 bits per heavy atom. The molecule has 0 radical (unpaired) electrons. The van der Waals surface area contributed by atoms with Gasteiger partial charge in [0.2, 0.25) is 0 Å². The molecule has 3 nitrogen and oxygen atoms in total. The Labute approximate surface area is 104 Å². The molecular weight excluding hydrogens is 210 g/mol. The quantitative estimate of drug-likeness (QED) is 0.875. The zero-order chi connectivity index (χ0) is 12.5. The van der Waals surface area contributed by atoms with Gasteiger partial charge in [-0.15, -0.1) is 0 Å². The van der Waals surface area contributed by atoms with Crippen LogP contribution < -0.4 is 5.73 Å². The fraction of sp³-hybridized carbons (Fsp3) is 0.786. The van der Waals surface area contributed by atoms with E-state index >= 15 is 0 Å². The molecule has 2 unspecified atom stereocenters. The Morgan fingerprint density at radius 3 is 2.94 bits per heavy atom. The van der Waals surface area contributed by atoms with Crippen molar-refractivity contribution in [3.63, 3.8) is 0 Å². The maximum Gasteiger partial charge on any atom is 0.112 e. The van der Waals surface area contributed by atoms with E-state index in [1.165, 1.54) is 25.1 Å². The molecule has 1 aromatic heterocycles. The fourth-order valence-corrected chi connectivity index (χ4v) is 3.14. The fourth-order valence-electron chi connectivity index (χ4n) is 3.14. The SMILES string of the molecule is CCn1ccnc1C1CC(C)(C)CCC1CN. The van der Waals surface area contributed by atoms with E-state index in [-0.39, 0.29) is 0 Å². The Kier molecular flexibility index (Phi) is 3.57. The number of nitrogens with zero attached hydrogens (tertiary/aromatic N) is 2. The summed E-state index contributed by atoms with van der Waals surface area (Å²) in [7, 11) is 0. The van der Waals surface area contributed by atoms with Crippen LogP contribution in [0.25, 0.3) is 0 Å². The molecular formula is C14H25N3. The molecule has 3 heteroatoms. The average Bonchev–Trinajstić information content (AvgIpc) is 2.75. The van der Waals surface area contributed by atoms with Crippen LogP contribution in [0.2, 0.25) is 0 Å². The normalized spacial score (nSPS) is 28.2. The molecule has 1 fully saturated rings. The van der Waals surface area contributed by atoms with Gasteiger partial charge in [-0.05, 0) is 44.1 Å². The summed E-state index contributed by atoms with van der Waals surface area (Å²) < 4.78 is 2.27. The highest BCUT2D eigenvalue weighted by Crippen LogP contribution is 2.45. The van der Waals surface area contributed by atoms with Gasteiger partial charge in [0.15, 0.2) is 0 Å². The average molecular weight is 235 g/mol. The van der Waals surface area contributed by atoms with Gasteiger partial charge < -0.3 is 10.3 Å². The zero-order valence-corrected chi connectivity index (χ0v) is 11.3. The van der Waals surface area contributed by atoms with E-state index in [9.17, 15) is 0 Å². The van der Waals surface area contributed by atoms with E-state index in [1.54, 1.807) is 0 Å². The summed E-state index contributed by atoms with van der Waals surface area (Å²) in [4.78, 5) is 4.58. The maximum absolute atomic E-state index is 5.94. The van der Waals surface area contributed by atoms with Crippen molar-refractivity contribution in [3.05, 3.63) is 18.2 Å². The number of hydrogen-bond donors (Lipinski definition) is 1. The molecule has 0 spiro atoms. The van der Waals surface area contributed by atoms with Crippen LogP contribution in [0.3, 0.4) is 0 Å². The first-order valence-corrected chi connectivity index (χ1v) is 6.78. The highest BCUT2D eigenvalue weighted by molar-refractivity contribution is 5.06. The third kappa shape index (κ3) is 2.54. The summed E-state index contributed by atoms with van der Waals surface area (Å²) in [6, 6.07) is 0. The van der Waals surface area contributed by atoms with Gasteiger partial charge in [-0.2, -0.15) is 0 Å². The summed E-state index contributed by atoms with van der Waals surface area (Å²) in [5.41, 5.74) is 6.37. The van der Waals surface area contributed by atoms with E-state index < -0.39 is 0 Å². The first-order valence-electron chi connectivity index (χ1n) is 6.78. The van der Waals surface area contributed by atoms with Crippen molar-refractivity contribution < 1.29 is 0 Å². The maximum atomic E-state index is 5.94. The van der Waals surface area contributed by atoms with Crippen LogP contribution in [0.4, 0.5) is 0 Å². The molecule has 0 saturated heterocycles. The Hall–Kier alpha value is -0.830. The lowest BCUT2D eigenvalue weighted by molar-refractivity contribution is 0.158. The molecule has 1 aliphatic carbocycles. The number of hydrogen-bond acceptors (Lipinski definition) is 2. The largest absolute Gasteiger partial charge is 0.335 e. The number of aryl methyl sites for hydroxylation is 1. The van der Waals surface area contributed by atoms with E-state index in [4.69, 9.17) is 5.73 Å². The van der Waals surface area contributed by atoms with Crippen LogP contribution in [0, 0.1) is 11.3 Å². The number of aromatic nitrogens is 2. The van der Waals surface area contributed by atoms with E-state index in [2.05, 4.69) is 36.5 Å². The predicted molar refractivity (Wildman–Crippen MR) is 70.8 cm³/mol. The van der Waals surface area contributed by atoms with Crippen molar-refractivity contribution in [1.29, 1.82) is 0 Å². The molecule has 17 heavy (non-hydrogen) atoms. The van der Waals surface area contributed by atoms with Crippen molar-refractivity contribution in [1.82, 2.24) is 9.55 Å². The van der Waals surface area contributed by atoms with Crippen LogP contribution in [-0.4, -0.2) is 16.1 Å². The summed E-state index contributed by atoms with van der Waals surface area (Å²) >= 11 is 0. The first kappa shape index (κ1) is 12.6. The molecule has 2 atom stereocenters. The summed E-state index contributed by atoms with van der Waals surface area (Å²) in [5.74, 6) is 2.39. The number of rotatable bonds is 3. The third-order valence-electron chi connectivity index (χ3n) is 4.26. The minimum Gasteiger partial charge on any atom is -0.335 e. The Morgan fingerprint density at radius 2 is 2.29 bits per heavy atom. The number of imidazole rings is 1. The Bertz CT molecular complexity index is 367. The van der Waals surface area contributed by atoms with Gasteiger partial charge in [0.1, 0.15) is 5.82 Å². The van der Waals surface area contributed by atoms with Gasteiger partial charge in [-0.1, -0.05) is 13.8 Å². The number of nitrogens with two attached hydrogens (primary N) is 1. The monoisotopic (exact) mass is 235 g/mol. The van der Waals surface area contributed by atoms with Crippen molar-refractivity contribution in [3.8, 4) is 0 Å². The third-order valence-corrected chi connectivity index (χ3v) is 4.26. The lowest BCUT2D eigenvalue weighted by Crippen LogP contribution is -2.34. The van der Waals surface area contributed by atoms with Crippen LogP contribution in [-0.2, 0) is 6.54 Å². The molecule has 0 amide bonds. The van der Waals surface area contributed by atoms with Gasteiger partial charge in [0.05, 0.1) is 0 Å². The van der Waals surface area contributed by atoms with Gasteiger partial charge in [-0.3, -0.25) is 0 Å². The van der Waals surface area contributed by atoms with Crippen molar-refractivity contribution in [2.45, 2.75) is 52.5 Å². The standard InChI is InChI=1S/C14H25N3/c1-4-17-8-7-16-13(17)12-9-14(2,3)6-5-11(12)10-15/h7-8,11-12H,4-6,9-10,15H2,1-3H3. The summed E-state index contributed by atoms with van der Waals surface area (Å²) in [6.07, 6.45) is 7.76. The molecule has 1 aliphatic rings. The molecule has 96 valence electrons. The van der Waals surface area contributed by atoms with Crippen LogP contribution in [0.5, 0.6) is 0 Å². The molecule has 0 aromatic carbocycles. The summed E-state index contributed by atoms with van der Waals surface area (Å²) in [6.45, 7) is 8.70. The van der Waals surface area contributed by atoms with E-state index in [1.807, 2.05) is 6.20 Å². The molecule has 2 N–H and O–H groups in total. The van der Waals surface area contributed by atoms with E-state index in [0.717, 1.165) is 13.1 Å². The van der Waals surface area contributed by atoms with Crippen molar-refractivity contribution in [2.75, 3.05) is 6.54 Å². The topological polar surface area (TPSA) is 43.8 Å². The highest BCUT2D eigenvalue weighted by Gasteiger charge is 2.36. The smallest absolute Gasteiger partial charge is 0.112 e. The second-order valence-electron chi connectivity index (χ2n) is 6.08. The van der Waals surface area contributed by atoms with E-state index in [0.29, 0.717) is 17.3 Å². The van der Waals surface area contributed by atoms with Crippen molar-refractivity contribution in [2.24, 2.45) is 17.1 Å². The van der Waals surface area contributed by atoms with Crippen LogP contribution >= 0.6 is 0 Å². The zero-order valence-electron chi connectivity index (χ0n) is 11.3. The van der Waals surface area contributed by atoms with Crippen LogP contribution in [0.15, 0.2) is 12.4 Å². The lowest BCUT2D eigenvalue weighted by Gasteiger charge is -2.40. The summed E-state index contributed by atoms with van der Waals surface area (Å²) in [5, 5.41) is 0. The highest BCUT2D eigenvalue weighted by atomic mass is 15.1. The Balaban J connectivity index is 2.26. The lowest BCUT2D eigenvalue weighted by atomic mass is 9.67. The molecule has 1 heterocycles. The van der Waals surface area contributed by atoms with Crippen molar-refractivity contribution >= 4 is 0 Å². The molecule has 0 aliphatic heterocycles. The molecule has 1 saturated carbocycles. The molecule has 2 rings (SSSR count). The van der Waals surface area contributed by atoms with Gasteiger partial charge in [0.25, 0.3) is 0 Å². The van der Waals surface area contributed by atoms with Gasteiger partial charge in [-0.25, -0.2) is 4.98 Å². The minimum atomic E-state index is 0.431. The minimum absolute atomic E-state index is 0.431. The van der Waals surface area contributed by atoms with Gasteiger partial charge >= 0.3 is 0 Å². The second-order valence-corrected chi connectivity index (χ2v) is 6.08. The first-order chi connectivity index (χ1) is 8.07. The van der Waals surface area contributed by atoms with Crippen LogP contribution in [0.1, 0.15) is 51.8 Å².